The van der Waals surface area contributed by atoms with Crippen LogP contribution in [0.3, 0.4) is 0 Å². The molecule has 4 fully saturated rings. The average molecular weight is 339 g/mol. The first-order valence-corrected chi connectivity index (χ1v) is 10.4. The molecule has 0 spiro atoms. The van der Waals surface area contributed by atoms with E-state index in [4.69, 9.17) is 25.3 Å². The van der Waals surface area contributed by atoms with Crippen molar-refractivity contribution in [2.75, 3.05) is 0 Å². The van der Waals surface area contributed by atoms with E-state index in [9.17, 15) is 0 Å². The maximum Gasteiger partial charge on any atom is 0.0110 e. The third kappa shape index (κ3) is 1.44. The van der Waals surface area contributed by atoms with Crippen LogP contribution in [-0.2, 0) is 0 Å². The fourth-order valence-electron chi connectivity index (χ4n) is 7.78. The molecule has 0 heterocycles. The second-order valence-electron chi connectivity index (χ2n) is 10.6. The summed E-state index contributed by atoms with van der Waals surface area (Å²) in [5.41, 5.74) is 1.74. The van der Waals surface area contributed by atoms with Gasteiger partial charge in [-0.15, -0.1) is 0 Å². The van der Waals surface area contributed by atoms with Gasteiger partial charge in [-0.05, 0) is 71.0 Å². The highest BCUT2D eigenvalue weighted by Gasteiger charge is 2.73. The normalized spacial score (nSPS) is 61.1. The van der Waals surface area contributed by atoms with E-state index in [1.165, 1.54) is 25.7 Å². The summed E-state index contributed by atoms with van der Waals surface area (Å²) in [5.74, 6) is 3.29. The number of hydrogen-bond acceptors (Lipinski definition) is 2. The molecule has 0 N–H and O–H groups in total. The van der Waals surface area contributed by atoms with E-state index in [1.807, 2.05) is 0 Å². The first kappa shape index (κ1) is 16.2. The summed E-state index contributed by atoms with van der Waals surface area (Å²) < 4.78 is 0. The molecule has 4 saturated carbocycles. The summed E-state index contributed by atoms with van der Waals surface area (Å²) in [6.45, 7) is 15.2. The van der Waals surface area contributed by atoms with E-state index in [0.29, 0.717) is 32.2 Å². The van der Waals surface area contributed by atoms with E-state index in [0.717, 1.165) is 23.7 Å². The van der Waals surface area contributed by atoms with Crippen LogP contribution in [-0.4, -0.2) is 10.5 Å². The van der Waals surface area contributed by atoms with Crippen molar-refractivity contribution in [1.82, 2.24) is 0 Å². The predicted molar refractivity (Wildman–Crippen MR) is 102 cm³/mol. The molecule has 4 aliphatic carbocycles. The fraction of sp³-hybridized carbons (Fsp3) is 1.00. The van der Waals surface area contributed by atoms with Crippen LogP contribution in [0, 0.1) is 45.3 Å². The highest BCUT2D eigenvalue weighted by atomic mass is 32.1. The zero-order valence-electron chi connectivity index (χ0n) is 15.2. The minimum absolute atomic E-state index is 0.422. The van der Waals surface area contributed by atoms with Crippen LogP contribution < -0.4 is 0 Å². The Morgan fingerprint density at radius 3 is 1.18 bits per heavy atom. The largest absolute Gasteiger partial charge is 0.175 e. The van der Waals surface area contributed by atoms with Crippen molar-refractivity contribution in [2.24, 2.45) is 45.3 Å². The van der Waals surface area contributed by atoms with Gasteiger partial charge in [-0.25, -0.2) is 0 Å². The molecule has 4 aliphatic rings. The Morgan fingerprint density at radius 1 is 0.636 bits per heavy atom. The lowest BCUT2D eigenvalue weighted by atomic mass is 9.68. The van der Waals surface area contributed by atoms with Crippen LogP contribution in [0.15, 0.2) is 0 Å². The molecule has 4 bridgehead atoms. The molecular weight excluding hydrogens is 304 g/mol. The van der Waals surface area contributed by atoms with Gasteiger partial charge in [-0.1, -0.05) is 41.5 Å². The van der Waals surface area contributed by atoms with E-state index >= 15 is 0 Å². The first-order chi connectivity index (χ1) is 10.00. The summed E-state index contributed by atoms with van der Waals surface area (Å²) >= 11 is 10.5. The molecule has 0 aromatic rings. The minimum Gasteiger partial charge on any atom is -0.175 e. The third-order valence-electron chi connectivity index (χ3n) is 10.2. The van der Waals surface area contributed by atoms with Gasteiger partial charge >= 0.3 is 0 Å². The summed E-state index contributed by atoms with van der Waals surface area (Å²) in [6.07, 6.45) is 5.60. The Kier molecular flexibility index (Phi) is 3.14. The van der Waals surface area contributed by atoms with Crippen LogP contribution in [0.4, 0.5) is 0 Å². The van der Waals surface area contributed by atoms with Gasteiger partial charge in [0.2, 0.25) is 0 Å². The van der Waals surface area contributed by atoms with Crippen LogP contribution in [0.25, 0.3) is 0 Å². The van der Waals surface area contributed by atoms with Crippen LogP contribution >= 0.6 is 25.3 Å². The van der Waals surface area contributed by atoms with E-state index < -0.39 is 0 Å². The number of thiol groups is 2. The Morgan fingerprint density at radius 2 is 0.955 bits per heavy atom. The van der Waals surface area contributed by atoms with Gasteiger partial charge in [-0.3, -0.25) is 0 Å². The van der Waals surface area contributed by atoms with Crippen molar-refractivity contribution in [3.05, 3.63) is 0 Å². The van der Waals surface area contributed by atoms with Crippen molar-refractivity contribution in [1.29, 1.82) is 0 Å². The molecule has 0 amide bonds. The molecule has 0 unspecified atom stereocenters. The second-order valence-corrected chi connectivity index (χ2v) is 11.7. The second kappa shape index (κ2) is 4.26. The van der Waals surface area contributed by atoms with Gasteiger partial charge < -0.3 is 0 Å². The topological polar surface area (TPSA) is 0 Å². The smallest absolute Gasteiger partial charge is 0.0110 e. The molecule has 0 aliphatic heterocycles. The monoisotopic (exact) mass is 338 g/mol. The SMILES string of the molecule is CC1(C)[C@@H]2CC[C@@]1(C)[C@H](S)[C@@H]2[C@@H]1[C@H]2CC[C@@](C)([C@@H]1S)C2(C)C. The third-order valence-corrected chi connectivity index (χ3v) is 12.0. The maximum absolute atomic E-state index is 5.25. The quantitative estimate of drug-likeness (QED) is 0.561. The van der Waals surface area contributed by atoms with Gasteiger partial charge in [-0.2, -0.15) is 25.3 Å². The lowest BCUT2D eigenvalue weighted by Gasteiger charge is -2.43. The molecule has 2 heteroatoms. The molecule has 0 radical (unpaired) electrons. The summed E-state index contributed by atoms with van der Waals surface area (Å²) in [7, 11) is 0. The van der Waals surface area contributed by atoms with Crippen LogP contribution in [0.2, 0.25) is 0 Å². The van der Waals surface area contributed by atoms with E-state index in [1.54, 1.807) is 0 Å². The first-order valence-electron chi connectivity index (χ1n) is 9.36. The zero-order valence-corrected chi connectivity index (χ0v) is 17.0. The van der Waals surface area contributed by atoms with Gasteiger partial charge in [0.05, 0.1) is 0 Å². The van der Waals surface area contributed by atoms with Crippen molar-refractivity contribution < 1.29 is 0 Å². The Balaban J connectivity index is 1.76. The highest BCUT2D eigenvalue weighted by Crippen LogP contribution is 2.77. The van der Waals surface area contributed by atoms with Crippen LogP contribution in [0.1, 0.15) is 67.2 Å². The van der Waals surface area contributed by atoms with E-state index in [2.05, 4.69) is 41.5 Å². The number of hydrogen-bond donors (Lipinski definition) is 2. The molecule has 4 rings (SSSR count). The van der Waals surface area contributed by atoms with Gasteiger partial charge in [0.1, 0.15) is 0 Å². The molecule has 22 heavy (non-hydrogen) atoms. The van der Waals surface area contributed by atoms with Crippen molar-refractivity contribution in [2.45, 2.75) is 77.7 Å². The number of fused-ring (bicyclic) bond motifs is 4. The highest BCUT2D eigenvalue weighted by molar-refractivity contribution is 7.81. The standard InChI is InChI=1S/C20H34S2/c1-17(2)11-7-9-19(17,5)15(21)13(11)14-12-8-10-20(6,16(14)22)18(12,3)4/h11-16,21-22H,7-10H2,1-6H3/t11-,12-,13+,14+,15-,16-,19+,20+/m1/s1. The molecule has 126 valence electrons. The molecule has 0 aromatic heterocycles. The molecular formula is C20H34S2. The summed E-state index contributed by atoms with van der Waals surface area (Å²) in [4.78, 5) is 0. The maximum atomic E-state index is 5.25. The Bertz CT molecular complexity index is 464. The number of rotatable bonds is 1. The minimum atomic E-state index is 0.422. The molecule has 0 aromatic carbocycles. The van der Waals surface area contributed by atoms with Gasteiger partial charge in [0.15, 0.2) is 0 Å². The van der Waals surface area contributed by atoms with Crippen molar-refractivity contribution >= 4 is 25.3 Å². The molecule has 0 nitrogen and oxygen atoms in total. The fourth-order valence-corrected chi connectivity index (χ4v) is 9.51. The Labute approximate surface area is 148 Å². The molecule has 0 saturated heterocycles. The predicted octanol–water partition coefficient (Wildman–Crippen LogP) is 5.73. The summed E-state index contributed by atoms with van der Waals surface area (Å²) in [6, 6.07) is 0. The average Bonchev–Trinajstić information content (AvgIpc) is 2.90. The van der Waals surface area contributed by atoms with Crippen LogP contribution in [0.5, 0.6) is 0 Å². The zero-order chi connectivity index (χ0) is 16.3. The lowest BCUT2D eigenvalue weighted by molar-refractivity contribution is 0.128. The van der Waals surface area contributed by atoms with Crippen molar-refractivity contribution in [3.63, 3.8) is 0 Å². The van der Waals surface area contributed by atoms with Gasteiger partial charge in [0.25, 0.3) is 0 Å². The molecule has 8 atom stereocenters. The lowest BCUT2D eigenvalue weighted by Crippen LogP contribution is -2.42. The Hall–Kier alpha value is 0.700. The summed E-state index contributed by atoms with van der Waals surface area (Å²) in [5, 5.41) is 1.14. The van der Waals surface area contributed by atoms with Gasteiger partial charge in [0, 0.05) is 10.5 Å². The van der Waals surface area contributed by atoms with Crippen molar-refractivity contribution in [3.8, 4) is 0 Å². The van der Waals surface area contributed by atoms with E-state index in [-0.39, 0.29) is 0 Å².